The quantitative estimate of drug-likeness (QED) is 0.621. The molecule has 2 rings (SSSR count). The molecule has 1 aromatic rings. The van der Waals surface area contributed by atoms with Gasteiger partial charge in [0, 0.05) is 0 Å². The van der Waals surface area contributed by atoms with Gasteiger partial charge >= 0.3 is 0 Å². The third-order valence-corrected chi connectivity index (χ3v) is 1.97. The molecule has 0 fully saturated rings. The lowest BCUT2D eigenvalue weighted by atomic mass is 10.1. The molecule has 0 atom stereocenters. The van der Waals surface area contributed by atoms with E-state index < -0.39 is 0 Å². The van der Waals surface area contributed by atoms with Crippen molar-refractivity contribution in [3.63, 3.8) is 0 Å². The molecule has 0 aromatic heterocycles. The van der Waals surface area contributed by atoms with Crippen molar-refractivity contribution in [3.05, 3.63) is 23.3 Å². The number of hydrogen-bond acceptors (Lipinski definition) is 4. The van der Waals surface area contributed by atoms with Gasteiger partial charge in [0.1, 0.15) is 19.3 Å². The summed E-state index contributed by atoms with van der Waals surface area (Å²) in [6.45, 7) is 0.812. The average Bonchev–Trinajstić information content (AvgIpc) is 2.27. The van der Waals surface area contributed by atoms with E-state index in [9.17, 15) is 4.79 Å². The predicted molar refractivity (Wildman–Crippen MR) is 47.5 cm³/mol. The summed E-state index contributed by atoms with van der Waals surface area (Å²) in [5.74, 6) is 0.758. The maximum Gasteiger partial charge on any atom is 0.179 e. The van der Waals surface area contributed by atoms with Crippen LogP contribution in [0.1, 0.15) is 15.9 Å². The highest BCUT2D eigenvalue weighted by Gasteiger charge is 2.19. The van der Waals surface area contributed by atoms with Crippen LogP contribution in [0.25, 0.3) is 0 Å². The summed E-state index contributed by atoms with van der Waals surface area (Å²) in [7, 11) is 0. The Morgan fingerprint density at radius 1 is 1.29 bits per heavy atom. The zero-order valence-corrected chi connectivity index (χ0v) is 7.32. The summed E-state index contributed by atoms with van der Waals surface area (Å²) in [4.78, 5) is 10.7. The first-order chi connectivity index (χ1) is 6.86. The van der Waals surface area contributed by atoms with Crippen LogP contribution < -0.4 is 9.47 Å². The number of ether oxygens (including phenoxy) is 2. The van der Waals surface area contributed by atoms with E-state index in [1.807, 2.05) is 6.07 Å². The zero-order chi connectivity index (χ0) is 9.97. The van der Waals surface area contributed by atoms with Gasteiger partial charge in [0.25, 0.3) is 0 Å². The van der Waals surface area contributed by atoms with Crippen LogP contribution >= 0.6 is 0 Å². The minimum absolute atomic E-state index is 0.378. The molecule has 0 spiro atoms. The van der Waals surface area contributed by atoms with E-state index in [1.54, 1.807) is 12.1 Å². The molecule has 4 nitrogen and oxygen atoms in total. The van der Waals surface area contributed by atoms with E-state index >= 15 is 0 Å². The maximum atomic E-state index is 10.7. The number of carbonyl (C=O) groups is 1. The van der Waals surface area contributed by atoms with Gasteiger partial charge in [-0.2, -0.15) is 5.26 Å². The molecule has 0 bridgehead atoms. The van der Waals surface area contributed by atoms with Crippen LogP contribution in [0, 0.1) is 11.3 Å². The molecular weight excluding hydrogens is 182 g/mol. The summed E-state index contributed by atoms with van der Waals surface area (Å²) >= 11 is 0. The minimum Gasteiger partial charge on any atom is -0.485 e. The Morgan fingerprint density at radius 3 is 2.64 bits per heavy atom. The third-order valence-electron chi connectivity index (χ3n) is 1.97. The van der Waals surface area contributed by atoms with Gasteiger partial charge < -0.3 is 9.47 Å². The van der Waals surface area contributed by atoms with Gasteiger partial charge in [0.15, 0.2) is 17.8 Å². The first kappa shape index (κ1) is 8.57. The molecule has 0 aliphatic carbocycles. The number of nitriles is 1. The van der Waals surface area contributed by atoms with Crippen LogP contribution in [-0.4, -0.2) is 19.5 Å². The molecule has 1 heterocycles. The van der Waals surface area contributed by atoms with Gasteiger partial charge in [-0.15, -0.1) is 0 Å². The standard InChI is InChI=1S/C10H7NO3/c11-5-7-1-2-8(6-12)10-9(7)13-3-4-14-10/h1-2,6H,3-4H2. The fourth-order valence-corrected chi connectivity index (χ4v) is 1.34. The van der Waals surface area contributed by atoms with Crippen LogP contribution in [0.5, 0.6) is 11.5 Å². The topological polar surface area (TPSA) is 59.3 Å². The second-order valence-corrected chi connectivity index (χ2v) is 2.79. The van der Waals surface area contributed by atoms with Crippen molar-refractivity contribution >= 4 is 6.29 Å². The lowest BCUT2D eigenvalue weighted by Crippen LogP contribution is -2.17. The Labute approximate surface area is 80.7 Å². The summed E-state index contributed by atoms with van der Waals surface area (Å²) in [6.07, 6.45) is 0.689. The van der Waals surface area contributed by atoms with Crippen molar-refractivity contribution in [1.29, 1.82) is 5.26 Å². The normalized spacial score (nSPS) is 13.1. The Balaban J connectivity index is 2.63. The van der Waals surface area contributed by atoms with Gasteiger partial charge in [0.05, 0.1) is 11.1 Å². The molecule has 0 amide bonds. The smallest absolute Gasteiger partial charge is 0.179 e. The number of fused-ring (bicyclic) bond motifs is 1. The number of benzene rings is 1. The van der Waals surface area contributed by atoms with E-state index in [1.165, 1.54) is 0 Å². The number of rotatable bonds is 1. The number of aldehydes is 1. The number of carbonyl (C=O) groups excluding carboxylic acids is 1. The van der Waals surface area contributed by atoms with E-state index in [4.69, 9.17) is 14.7 Å². The van der Waals surface area contributed by atoms with Gasteiger partial charge in [-0.3, -0.25) is 4.79 Å². The molecular formula is C10H7NO3. The highest BCUT2D eigenvalue weighted by Crippen LogP contribution is 2.35. The van der Waals surface area contributed by atoms with Crippen LogP contribution in [0.4, 0.5) is 0 Å². The number of nitrogens with zero attached hydrogens (tertiary/aromatic N) is 1. The van der Waals surface area contributed by atoms with Gasteiger partial charge in [0.2, 0.25) is 0 Å². The lowest BCUT2D eigenvalue weighted by molar-refractivity contribution is 0.111. The second-order valence-electron chi connectivity index (χ2n) is 2.79. The van der Waals surface area contributed by atoms with Crippen molar-refractivity contribution in [2.24, 2.45) is 0 Å². The first-order valence-corrected chi connectivity index (χ1v) is 4.14. The molecule has 0 N–H and O–H groups in total. The first-order valence-electron chi connectivity index (χ1n) is 4.14. The van der Waals surface area contributed by atoms with Crippen molar-refractivity contribution in [2.75, 3.05) is 13.2 Å². The monoisotopic (exact) mass is 189 g/mol. The molecule has 0 saturated carbocycles. The largest absolute Gasteiger partial charge is 0.485 e. The van der Waals surface area contributed by atoms with Gasteiger partial charge in [-0.25, -0.2) is 0 Å². The molecule has 0 unspecified atom stereocenters. The van der Waals surface area contributed by atoms with E-state index in [2.05, 4.69) is 0 Å². The molecule has 4 heteroatoms. The molecule has 0 saturated heterocycles. The third kappa shape index (κ3) is 1.19. The maximum absolute atomic E-state index is 10.7. The van der Waals surface area contributed by atoms with E-state index in [0.717, 1.165) is 0 Å². The number of hydrogen-bond donors (Lipinski definition) is 0. The Hall–Kier alpha value is -2.02. The second kappa shape index (κ2) is 3.38. The summed E-state index contributed by atoms with van der Waals surface area (Å²) in [5.41, 5.74) is 0.809. The SMILES string of the molecule is N#Cc1ccc(C=O)c2c1OCCO2. The Morgan fingerprint density at radius 2 is 2.00 bits per heavy atom. The molecule has 0 radical (unpaired) electrons. The highest BCUT2D eigenvalue weighted by molar-refractivity contribution is 5.82. The Bertz CT molecular complexity index is 420. The van der Waals surface area contributed by atoms with Crippen molar-refractivity contribution in [3.8, 4) is 17.6 Å². The predicted octanol–water partition coefficient (Wildman–Crippen LogP) is 1.14. The average molecular weight is 189 g/mol. The van der Waals surface area contributed by atoms with Gasteiger partial charge in [-0.1, -0.05) is 0 Å². The van der Waals surface area contributed by atoms with Crippen molar-refractivity contribution < 1.29 is 14.3 Å². The fraction of sp³-hybridized carbons (Fsp3) is 0.200. The summed E-state index contributed by atoms with van der Waals surface area (Å²) in [6, 6.07) is 5.09. The molecule has 14 heavy (non-hydrogen) atoms. The molecule has 1 aliphatic rings. The Kier molecular flexibility index (Phi) is 2.07. The van der Waals surface area contributed by atoms with E-state index in [0.29, 0.717) is 42.1 Å². The van der Waals surface area contributed by atoms with E-state index in [-0.39, 0.29) is 0 Å². The molecule has 70 valence electrons. The molecule has 1 aromatic carbocycles. The van der Waals surface area contributed by atoms with Crippen molar-refractivity contribution in [2.45, 2.75) is 0 Å². The van der Waals surface area contributed by atoms with Crippen LogP contribution in [0.15, 0.2) is 12.1 Å². The van der Waals surface area contributed by atoms with Crippen LogP contribution in [-0.2, 0) is 0 Å². The van der Waals surface area contributed by atoms with Crippen LogP contribution in [0.2, 0.25) is 0 Å². The van der Waals surface area contributed by atoms with Crippen LogP contribution in [0.3, 0.4) is 0 Å². The summed E-state index contributed by atoms with van der Waals surface area (Å²) < 4.78 is 10.6. The summed E-state index contributed by atoms with van der Waals surface area (Å²) in [5, 5.41) is 8.78. The highest BCUT2D eigenvalue weighted by atomic mass is 16.6. The zero-order valence-electron chi connectivity index (χ0n) is 7.32. The fourth-order valence-electron chi connectivity index (χ4n) is 1.34. The van der Waals surface area contributed by atoms with Crippen molar-refractivity contribution in [1.82, 2.24) is 0 Å². The van der Waals surface area contributed by atoms with Gasteiger partial charge in [-0.05, 0) is 12.1 Å². The lowest BCUT2D eigenvalue weighted by Gasteiger charge is -2.20. The molecule has 1 aliphatic heterocycles. The minimum atomic E-state index is 0.378.